The molecule has 1 rings (SSSR count). The number of hydrogen-bond donors (Lipinski definition) is 2. The van der Waals surface area contributed by atoms with E-state index in [1.165, 1.54) is 16.8 Å². The largest absolute Gasteiger partial charge is 0.480 e. The molecule has 7 heteroatoms. The van der Waals surface area contributed by atoms with Gasteiger partial charge in [-0.1, -0.05) is 13.8 Å². The maximum absolute atomic E-state index is 11.7. The maximum Gasteiger partial charge on any atom is 0.326 e. The lowest BCUT2D eigenvalue weighted by Gasteiger charge is -2.18. The van der Waals surface area contributed by atoms with Gasteiger partial charge in [-0.05, 0) is 27.9 Å². The minimum Gasteiger partial charge on any atom is -0.480 e. The summed E-state index contributed by atoms with van der Waals surface area (Å²) in [5, 5.41) is 11.4. The van der Waals surface area contributed by atoms with E-state index >= 15 is 0 Å². The fourth-order valence-electron chi connectivity index (χ4n) is 1.51. The minimum absolute atomic E-state index is 0.214. The number of halogens is 1. The summed E-state index contributed by atoms with van der Waals surface area (Å²) in [6.07, 6.45) is 1.48. The Bertz CT molecular complexity index is 539. The summed E-state index contributed by atoms with van der Waals surface area (Å²) in [4.78, 5) is 34.2. The first-order chi connectivity index (χ1) is 8.81. The Morgan fingerprint density at radius 1 is 1.42 bits per heavy atom. The first kappa shape index (κ1) is 15.4. The monoisotopic (exact) mass is 330 g/mol. The van der Waals surface area contributed by atoms with Gasteiger partial charge in [-0.3, -0.25) is 9.59 Å². The second kappa shape index (κ2) is 6.51. The van der Waals surface area contributed by atoms with Crippen molar-refractivity contribution in [3.05, 3.63) is 33.2 Å². The molecule has 0 radical (unpaired) electrons. The van der Waals surface area contributed by atoms with Crippen LogP contribution in [-0.2, 0) is 16.1 Å². The van der Waals surface area contributed by atoms with Gasteiger partial charge in [0.25, 0.3) is 5.56 Å². The van der Waals surface area contributed by atoms with E-state index in [0.29, 0.717) is 4.47 Å². The van der Waals surface area contributed by atoms with Crippen LogP contribution < -0.4 is 10.9 Å². The van der Waals surface area contributed by atoms with E-state index in [4.69, 9.17) is 5.11 Å². The lowest BCUT2D eigenvalue weighted by Crippen LogP contribution is -2.46. The lowest BCUT2D eigenvalue weighted by atomic mass is 10.1. The summed E-state index contributed by atoms with van der Waals surface area (Å²) in [5.41, 5.74) is -0.324. The predicted octanol–water partition coefficient (Wildman–Crippen LogP) is 0.836. The number of carboxylic acids is 1. The Morgan fingerprint density at radius 2 is 2.05 bits per heavy atom. The van der Waals surface area contributed by atoms with Crippen molar-refractivity contribution in [1.82, 2.24) is 9.88 Å². The van der Waals surface area contributed by atoms with Crippen molar-refractivity contribution in [3.8, 4) is 0 Å². The second-order valence-corrected chi connectivity index (χ2v) is 5.36. The molecule has 0 fully saturated rings. The first-order valence-corrected chi connectivity index (χ1v) is 6.48. The fraction of sp³-hybridized carbons (Fsp3) is 0.417. The normalized spacial score (nSPS) is 12.2. The van der Waals surface area contributed by atoms with Gasteiger partial charge in [-0.25, -0.2) is 4.79 Å². The SMILES string of the molecule is CC(C)[C@@H](NC(=O)Cn1cc(Br)ccc1=O)C(=O)O. The van der Waals surface area contributed by atoms with Gasteiger partial charge >= 0.3 is 5.97 Å². The molecule has 0 saturated heterocycles. The molecule has 0 aromatic carbocycles. The third-order valence-electron chi connectivity index (χ3n) is 2.51. The van der Waals surface area contributed by atoms with E-state index in [9.17, 15) is 14.4 Å². The molecule has 0 aliphatic rings. The van der Waals surface area contributed by atoms with E-state index in [1.54, 1.807) is 19.9 Å². The molecular weight excluding hydrogens is 316 g/mol. The second-order valence-electron chi connectivity index (χ2n) is 4.44. The van der Waals surface area contributed by atoms with Crippen LogP contribution in [0.2, 0.25) is 0 Å². The van der Waals surface area contributed by atoms with Crippen molar-refractivity contribution in [2.75, 3.05) is 0 Å². The molecule has 0 aliphatic heterocycles. The third kappa shape index (κ3) is 4.51. The van der Waals surface area contributed by atoms with Crippen LogP contribution in [0.25, 0.3) is 0 Å². The summed E-state index contributed by atoms with van der Waals surface area (Å²) in [6.45, 7) is 3.18. The van der Waals surface area contributed by atoms with Crippen molar-refractivity contribution < 1.29 is 14.7 Å². The number of nitrogens with one attached hydrogen (secondary N) is 1. The van der Waals surface area contributed by atoms with Crippen molar-refractivity contribution in [1.29, 1.82) is 0 Å². The van der Waals surface area contributed by atoms with E-state index in [2.05, 4.69) is 21.2 Å². The molecule has 1 aromatic rings. The van der Waals surface area contributed by atoms with Gasteiger partial charge in [-0.2, -0.15) is 0 Å². The van der Waals surface area contributed by atoms with Gasteiger partial charge in [0.1, 0.15) is 12.6 Å². The molecule has 6 nitrogen and oxygen atoms in total. The molecule has 104 valence electrons. The Hall–Kier alpha value is -1.63. The van der Waals surface area contributed by atoms with Crippen LogP contribution in [0, 0.1) is 5.92 Å². The highest BCUT2D eigenvalue weighted by Gasteiger charge is 2.23. The highest BCUT2D eigenvalue weighted by atomic mass is 79.9. The smallest absolute Gasteiger partial charge is 0.326 e. The number of carboxylic acid groups (broad SMARTS) is 1. The minimum atomic E-state index is -1.09. The van der Waals surface area contributed by atoms with Crippen LogP contribution in [0.5, 0.6) is 0 Å². The highest BCUT2D eigenvalue weighted by Crippen LogP contribution is 2.05. The van der Waals surface area contributed by atoms with Crippen molar-refractivity contribution in [2.24, 2.45) is 5.92 Å². The number of nitrogens with zero attached hydrogens (tertiary/aromatic N) is 1. The molecule has 2 N–H and O–H groups in total. The third-order valence-corrected chi connectivity index (χ3v) is 2.98. The molecule has 0 saturated carbocycles. The van der Waals surface area contributed by atoms with Crippen LogP contribution in [0.3, 0.4) is 0 Å². The van der Waals surface area contributed by atoms with Gasteiger partial charge in [0.2, 0.25) is 5.91 Å². The summed E-state index contributed by atoms with van der Waals surface area (Å²) in [5.74, 6) is -1.84. The number of pyridine rings is 1. The zero-order chi connectivity index (χ0) is 14.6. The fourth-order valence-corrected chi connectivity index (χ4v) is 1.89. The number of amides is 1. The van der Waals surface area contributed by atoms with Gasteiger partial charge in [0.05, 0.1) is 0 Å². The van der Waals surface area contributed by atoms with Crippen LogP contribution >= 0.6 is 15.9 Å². The number of aromatic nitrogens is 1. The Labute approximate surface area is 118 Å². The zero-order valence-electron chi connectivity index (χ0n) is 10.6. The number of carbonyl (C=O) groups is 2. The van der Waals surface area contributed by atoms with Crippen LogP contribution in [0.1, 0.15) is 13.8 Å². The maximum atomic E-state index is 11.7. The Morgan fingerprint density at radius 3 is 2.58 bits per heavy atom. The van der Waals surface area contributed by atoms with E-state index in [-0.39, 0.29) is 18.0 Å². The van der Waals surface area contributed by atoms with Crippen LogP contribution in [0.15, 0.2) is 27.6 Å². The predicted molar refractivity (Wildman–Crippen MR) is 72.8 cm³/mol. The molecule has 0 unspecified atom stereocenters. The van der Waals surface area contributed by atoms with Crippen molar-refractivity contribution in [3.63, 3.8) is 0 Å². The van der Waals surface area contributed by atoms with Gasteiger partial charge in [-0.15, -0.1) is 0 Å². The Balaban J connectivity index is 2.77. The highest BCUT2D eigenvalue weighted by molar-refractivity contribution is 9.10. The summed E-state index contributed by atoms with van der Waals surface area (Å²) in [6, 6.07) is 1.94. The number of carbonyl (C=O) groups excluding carboxylic acids is 1. The summed E-state index contributed by atoms with van der Waals surface area (Å²) >= 11 is 3.20. The average Bonchev–Trinajstić information content (AvgIpc) is 2.30. The lowest BCUT2D eigenvalue weighted by molar-refractivity contribution is -0.143. The molecule has 19 heavy (non-hydrogen) atoms. The van der Waals surface area contributed by atoms with E-state index in [1.807, 2.05) is 0 Å². The van der Waals surface area contributed by atoms with Crippen molar-refractivity contribution in [2.45, 2.75) is 26.4 Å². The number of aliphatic carboxylic acids is 1. The molecule has 0 spiro atoms. The van der Waals surface area contributed by atoms with Gasteiger partial charge < -0.3 is 15.0 Å². The molecule has 0 aliphatic carbocycles. The van der Waals surface area contributed by atoms with Crippen molar-refractivity contribution >= 4 is 27.8 Å². The molecule has 1 heterocycles. The molecule has 1 atom stereocenters. The standard InChI is InChI=1S/C12H15BrN2O4/c1-7(2)11(12(18)19)14-9(16)6-15-5-8(13)3-4-10(15)17/h3-5,7,11H,6H2,1-2H3,(H,14,16)(H,18,19)/t11-/m1/s1. The number of hydrogen-bond acceptors (Lipinski definition) is 3. The van der Waals surface area contributed by atoms with Crippen LogP contribution in [0.4, 0.5) is 0 Å². The summed E-state index contributed by atoms with van der Waals surface area (Å²) < 4.78 is 1.87. The average molecular weight is 331 g/mol. The quantitative estimate of drug-likeness (QED) is 0.837. The van der Waals surface area contributed by atoms with Gasteiger partial charge in [0, 0.05) is 16.7 Å². The molecule has 1 amide bonds. The zero-order valence-corrected chi connectivity index (χ0v) is 12.2. The number of rotatable bonds is 5. The van der Waals surface area contributed by atoms with E-state index < -0.39 is 17.9 Å². The molecule has 0 bridgehead atoms. The summed E-state index contributed by atoms with van der Waals surface area (Å²) in [7, 11) is 0. The van der Waals surface area contributed by atoms with Gasteiger partial charge in [0.15, 0.2) is 0 Å². The topological polar surface area (TPSA) is 88.4 Å². The van der Waals surface area contributed by atoms with Crippen LogP contribution in [-0.4, -0.2) is 27.6 Å². The molecule has 1 aromatic heterocycles. The molecular formula is C12H15BrN2O4. The van der Waals surface area contributed by atoms with E-state index in [0.717, 1.165) is 0 Å². The Kier molecular flexibility index (Phi) is 5.29. The first-order valence-electron chi connectivity index (χ1n) is 5.69.